The number of rotatable bonds is 7. The molecule has 4 N–H and O–H groups in total. The van der Waals surface area contributed by atoms with Crippen molar-refractivity contribution in [3.63, 3.8) is 0 Å². The number of hydrogen-bond acceptors (Lipinski definition) is 5. The molecule has 0 unspecified atom stereocenters. The van der Waals surface area contributed by atoms with E-state index in [4.69, 9.17) is 22.4 Å². The van der Waals surface area contributed by atoms with E-state index in [1.165, 1.54) is 0 Å². The molecule has 0 bridgehead atoms. The van der Waals surface area contributed by atoms with E-state index < -0.39 is 0 Å². The highest BCUT2D eigenvalue weighted by molar-refractivity contribution is 6.30. The summed E-state index contributed by atoms with van der Waals surface area (Å²) in [5, 5.41) is 12.8. The first-order valence-corrected chi connectivity index (χ1v) is 7.27. The molecule has 1 aromatic heterocycles. The van der Waals surface area contributed by atoms with Gasteiger partial charge in [-0.2, -0.15) is 4.98 Å². The second kappa shape index (κ2) is 7.81. The monoisotopic (exact) mass is 306 g/mol. The maximum atomic E-state index is 8.80. The van der Waals surface area contributed by atoms with Crippen LogP contribution in [0.1, 0.15) is 24.0 Å². The Bertz CT molecular complexity index is 574. The van der Waals surface area contributed by atoms with E-state index >= 15 is 0 Å². The lowest BCUT2D eigenvalue weighted by atomic mass is 10.1. The molecule has 0 atom stereocenters. The molecule has 21 heavy (non-hydrogen) atoms. The zero-order valence-electron chi connectivity index (χ0n) is 11.7. The quantitative estimate of drug-likeness (QED) is 0.684. The van der Waals surface area contributed by atoms with Gasteiger partial charge < -0.3 is 16.2 Å². The van der Waals surface area contributed by atoms with Crippen LogP contribution >= 0.6 is 11.6 Å². The lowest BCUT2D eigenvalue weighted by molar-refractivity contribution is 0.286. The number of benzene rings is 1. The second-order valence-corrected chi connectivity index (χ2v) is 5.20. The Morgan fingerprint density at radius 3 is 2.67 bits per heavy atom. The number of nitrogen functional groups attached to an aromatic ring is 1. The Hall–Kier alpha value is -1.85. The molecule has 0 aliphatic rings. The van der Waals surface area contributed by atoms with Gasteiger partial charge in [-0.1, -0.05) is 23.7 Å². The average Bonchev–Trinajstić information content (AvgIpc) is 2.48. The topological polar surface area (TPSA) is 84.1 Å². The van der Waals surface area contributed by atoms with Gasteiger partial charge in [-0.15, -0.1) is 0 Å². The fraction of sp³-hybridized carbons (Fsp3) is 0.333. The lowest BCUT2D eigenvalue weighted by Crippen LogP contribution is -2.09. The van der Waals surface area contributed by atoms with Crippen molar-refractivity contribution in [3.8, 4) is 0 Å². The molecule has 0 fully saturated rings. The van der Waals surface area contributed by atoms with Crippen LogP contribution in [0.4, 0.5) is 11.8 Å². The maximum absolute atomic E-state index is 8.80. The van der Waals surface area contributed by atoms with Crippen LogP contribution in [-0.4, -0.2) is 28.2 Å². The molecule has 1 heterocycles. The van der Waals surface area contributed by atoms with E-state index in [1.54, 1.807) is 6.20 Å². The summed E-state index contributed by atoms with van der Waals surface area (Å²) in [4.78, 5) is 8.31. The van der Waals surface area contributed by atoms with Crippen molar-refractivity contribution in [1.29, 1.82) is 0 Å². The number of unbranched alkanes of at least 4 members (excludes halogenated alkanes) is 1. The number of hydrogen-bond donors (Lipinski definition) is 3. The van der Waals surface area contributed by atoms with Gasteiger partial charge in [0.2, 0.25) is 5.95 Å². The molecule has 0 spiro atoms. The van der Waals surface area contributed by atoms with Crippen LogP contribution in [0, 0.1) is 0 Å². The first kappa shape index (κ1) is 15.5. The summed E-state index contributed by atoms with van der Waals surface area (Å²) in [5.41, 5.74) is 7.76. The molecule has 112 valence electrons. The van der Waals surface area contributed by atoms with Crippen molar-refractivity contribution in [3.05, 3.63) is 46.6 Å². The molecule has 2 rings (SSSR count). The lowest BCUT2D eigenvalue weighted by Gasteiger charge is -2.11. The Morgan fingerprint density at radius 1 is 1.19 bits per heavy atom. The summed E-state index contributed by atoms with van der Waals surface area (Å²) in [6.07, 6.45) is 4.09. The third-order valence-electron chi connectivity index (χ3n) is 3.07. The fourth-order valence-electron chi connectivity index (χ4n) is 1.97. The largest absolute Gasteiger partial charge is 0.396 e. The Morgan fingerprint density at radius 2 is 1.95 bits per heavy atom. The SMILES string of the molecule is Nc1ncc(Cc2ccc(Cl)cc2)c(NCCCCO)n1. The molecule has 6 heteroatoms. The highest BCUT2D eigenvalue weighted by Gasteiger charge is 2.07. The smallest absolute Gasteiger partial charge is 0.221 e. The summed E-state index contributed by atoms with van der Waals surface area (Å²) in [6.45, 7) is 0.940. The van der Waals surface area contributed by atoms with Gasteiger partial charge >= 0.3 is 0 Å². The minimum atomic E-state index is 0.200. The number of nitrogens with zero attached hydrogens (tertiary/aromatic N) is 2. The second-order valence-electron chi connectivity index (χ2n) is 4.76. The predicted octanol–water partition coefficient (Wildman–Crippen LogP) is 2.49. The zero-order valence-corrected chi connectivity index (χ0v) is 12.5. The highest BCUT2D eigenvalue weighted by atomic mass is 35.5. The maximum Gasteiger partial charge on any atom is 0.221 e. The molecule has 1 aromatic carbocycles. The number of aliphatic hydroxyl groups is 1. The van der Waals surface area contributed by atoms with Gasteiger partial charge in [-0.05, 0) is 30.5 Å². The van der Waals surface area contributed by atoms with Gasteiger partial charge in [0, 0.05) is 36.4 Å². The van der Waals surface area contributed by atoms with Crippen molar-refractivity contribution in [2.45, 2.75) is 19.3 Å². The molecule has 0 saturated heterocycles. The van der Waals surface area contributed by atoms with Crippen molar-refractivity contribution in [1.82, 2.24) is 9.97 Å². The van der Waals surface area contributed by atoms with Crippen LogP contribution in [0.5, 0.6) is 0 Å². The molecular weight excluding hydrogens is 288 g/mol. The Balaban J connectivity index is 2.08. The fourth-order valence-corrected chi connectivity index (χ4v) is 2.09. The van der Waals surface area contributed by atoms with Crippen LogP contribution in [0.15, 0.2) is 30.5 Å². The van der Waals surface area contributed by atoms with Crippen LogP contribution < -0.4 is 11.1 Å². The van der Waals surface area contributed by atoms with E-state index in [9.17, 15) is 0 Å². The molecule has 0 saturated carbocycles. The summed E-state index contributed by atoms with van der Waals surface area (Å²) in [7, 11) is 0. The number of nitrogens with one attached hydrogen (secondary N) is 1. The minimum Gasteiger partial charge on any atom is -0.396 e. The third kappa shape index (κ3) is 4.88. The summed E-state index contributed by atoms with van der Waals surface area (Å²) in [6, 6.07) is 7.69. The minimum absolute atomic E-state index is 0.200. The van der Waals surface area contributed by atoms with Crippen LogP contribution in [-0.2, 0) is 6.42 Å². The highest BCUT2D eigenvalue weighted by Crippen LogP contribution is 2.19. The van der Waals surface area contributed by atoms with Crippen molar-refractivity contribution >= 4 is 23.4 Å². The number of anilines is 2. The predicted molar refractivity (Wildman–Crippen MR) is 85.5 cm³/mol. The van der Waals surface area contributed by atoms with Crippen molar-refractivity contribution in [2.75, 3.05) is 24.2 Å². The van der Waals surface area contributed by atoms with E-state index in [0.29, 0.717) is 6.42 Å². The Labute approximate surface area is 129 Å². The molecule has 5 nitrogen and oxygen atoms in total. The average molecular weight is 307 g/mol. The van der Waals surface area contributed by atoms with Gasteiger partial charge in [0.25, 0.3) is 0 Å². The molecule has 0 amide bonds. The number of aliphatic hydroxyl groups excluding tert-OH is 1. The molecule has 0 aliphatic carbocycles. The molecular formula is C15H19ClN4O. The van der Waals surface area contributed by atoms with Gasteiger partial charge in [0.15, 0.2) is 0 Å². The summed E-state index contributed by atoms with van der Waals surface area (Å²) in [5.74, 6) is 0.995. The first-order valence-electron chi connectivity index (χ1n) is 6.89. The normalized spacial score (nSPS) is 10.6. The van der Waals surface area contributed by atoms with Gasteiger partial charge in [0.1, 0.15) is 5.82 Å². The van der Waals surface area contributed by atoms with Crippen molar-refractivity contribution < 1.29 is 5.11 Å². The Kier molecular flexibility index (Phi) is 5.78. The number of aromatic nitrogens is 2. The summed E-state index contributed by atoms with van der Waals surface area (Å²) >= 11 is 5.89. The van der Waals surface area contributed by atoms with Crippen molar-refractivity contribution in [2.24, 2.45) is 0 Å². The van der Waals surface area contributed by atoms with Gasteiger partial charge in [0.05, 0.1) is 0 Å². The van der Waals surface area contributed by atoms with Crippen LogP contribution in [0.2, 0.25) is 5.02 Å². The van der Waals surface area contributed by atoms with Crippen LogP contribution in [0.3, 0.4) is 0 Å². The van der Waals surface area contributed by atoms with E-state index in [0.717, 1.165) is 41.4 Å². The van der Waals surface area contributed by atoms with E-state index in [1.807, 2.05) is 24.3 Å². The molecule has 0 aliphatic heterocycles. The molecule has 0 radical (unpaired) electrons. The standard InChI is InChI=1S/C15H19ClN4O/c16-13-5-3-11(4-6-13)9-12-10-19-15(17)20-14(12)18-7-1-2-8-21/h3-6,10,21H,1-2,7-9H2,(H3,17,18,19,20). The van der Waals surface area contributed by atoms with E-state index in [2.05, 4.69) is 15.3 Å². The number of halogens is 1. The summed E-state index contributed by atoms with van der Waals surface area (Å²) < 4.78 is 0. The van der Waals surface area contributed by atoms with Gasteiger partial charge in [-0.25, -0.2) is 4.98 Å². The third-order valence-corrected chi connectivity index (χ3v) is 3.32. The van der Waals surface area contributed by atoms with Gasteiger partial charge in [-0.3, -0.25) is 0 Å². The first-order chi connectivity index (χ1) is 10.2. The number of nitrogens with two attached hydrogens (primary N) is 1. The van der Waals surface area contributed by atoms with Crippen LogP contribution in [0.25, 0.3) is 0 Å². The van der Waals surface area contributed by atoms with E-state index in [-0.39, 0.29) is 12.6 Å². The molecule has 2 aromatic rings. The zero-order chi connectivity index (χ0) is 15.1.